The van der Waals surface area contributed by atoms with E-state index in [0.717, 1.165) is 18.8 Å². The van der Waals surface area contributed by atoms with Crippen molar-refractivity contribution in [1.29, 1.82) is 0 Å². The first-order valence-electron chi connectivity index (χ1n) is 10.5. The summed E-state index contributed by atoms with van der Waals surface area (Å²) in [6.45, 7) is 5.07. The van der Waals surface area contributed by atoms with Gasteiger partial charge in [-0.2, -0.15) is 0 Å². The van der Waals surface area contributed by atoms with Crippen LogP contribution in [-0.4, -0.2) is 77.3 Å². The maximum Gasteiger partial charge on any atom is 0.183 e. The Morgan fingerprint density at radius 2 is 1.58 bits per heavy atom. The molecule has 4 rings (SSSR count). The zero-order chi connectivity index (χ0) is 22.1. The van der Waals surface area contributed by atoms with Crippen molar-refractivity contribution in [2.45, 2.75) is 23.1 Å². The molecule has 0 bridgehead atoms. The van der Waals surface area contributed by atoms with Crippen LogP contribution >= 0.6 is 0 Å². The molecule has 0 spiro atoms. The lowest BCUT2D eigenvalue weighted by molar-refractivity contribution is 0.201. The van der Waals surface area contributed by atoms with Crippen LogP contribution < -0.4 is 9.64 Å². The first kappa shape index (κ1) is 22.1. The van der Waals surface area contributed by atoms with Crippen LogP contribution in [0.1, 0.15) is 6.92 Å². The summed E-state index contributed by atoms with van der Waals surface area (Å²) in [5.74, 6) is 0.153. The number of sulfone groups is 2. The second-order valence-electron chi connectivity index (χ2n) is 7.99. The molecule has 2 fully saturated rings. The van der Waals surface area contributed by atoms with E-state index in [0.29, 0.717) is 25.4 Å². The average molecular weight is 465 g/mol. The van der Waals surface area contributed by atoms with Gasteiger partial charge in [0.2, 0.25) is 0 Å². The fourth-order valence-electron chi connectivity index (χ4n) is 4.45. The topological polar surface area (TPSA) is 84.0 Å². The van der Waals surface area contributed by atoms with Gasteiger partial charge in [0.1, 0.15) is 5.75 Å². The average Bonchev–Trinajstić information content (AvgIpc) is 3.11. The van der Waals surface area contributed by atoms with E-state index in [-0.39, 0.29) is 16.4 Å². The van der Waals surface area contributed by atoms with Gasteiger partial charge in [-0.1, -0.05) is 18.2 Å². The highest BCUT2D eigenvalue weighted by molar-refractivity contribution is 7.96. The Labute approximate surface area is 184 Å². The zero-order valence-electron chi connectivity index (χ0n) is 17.6. The molecule has 0 unspecified atom stereocenters. The van der Waals surface area contributed by atoms with Crippen molar-refractivity contribution in [2.75, 3.05) is 49.2 Å². The van der Waals surface area contributed by atoms with Crippen molar-refractivity contribution in [3.63, 3.8) is 0 Å². The minimum absolute atomic E-state index is 0.112. The molecule has 2 saturated heterocycles. The number of anilines is 1. The molecule has 168 valence electrons. The third-order valence-corrected chi connectivity index (χ3v) is 10.2. The van der Waals surface area contributed by atoms with Gasteiger partial charge in [-0.15, -0.1) is 0 Å². The van der Waals surface area contributed by atoms with Gasteiger partial charge in [0.25, 0.3) is 0 Å². The summed E-state index contributed by atoms with van der Waals surface area (Å²) in [7, 11) is -7.22. The number of benzene rings is 2. The van der Waals surface area contributed by atoms with Crippen molar-refractivity contribution in [3.05, 3.63) is 54.6 Å². The summed E-state index contributed by atoms with van der Waals surface area (Å²) >= 11 is 0. The molecule has 2 aromatic rings. The van der Waals surface area contributed by atoms with Crippen LogP contribution in [0.5, 0.6) is 5.75 Å². The monoisotopic (exact) mass is 464 g/mol. The van der Waals surface area contributed by atoms with E-state index in [2.05, 4.69) is 17.0 Å². The molecule has 2 heterocycles. The molecular weight excluding hydrogens is 436 g/mol. The lowest BCUT2D eigenvalue weighted by Crippen LogP contribution is -2.55. The first-order valence-corrected chi connectivity index (χ1v) is 13.9. The van der Waals surface area contributed by atoms with Crippen LogP contribution in [0.3, 0.4) is 0 Å². The molecule has 0 saturated carbocycles. The minimum atomic E-state index is -3.80. The molecule has 9 heteroatoms. The predicted octanol–water partition coefficient (Wildman–Crippen LogP) is 1.85. The number of ether oxygens (including phenoxy) is 1. The largest absolute Gasteiger partial charge is 0.494 e. The molecule has 2 aliphatic rings. The molecular formula is C22H28N2O5S2. The quantitative estimate of drug-likeness (QED) is 0.645. The lowest BCUT2D eigenvalue weighted by atomic mass is 10.1. The van der Waals surface area contributed by atoms with E-state index in [4.69, 9.17) is 4.74 Å². The van der Waals surface area contributed by atoms with Crippen molar-refractivity contribution in [2.24, 2.45) is 0 Å². The third-order valence-electron chi connectivity index (χ3n) is 6.04. The van der Waals surface area contributed by atoms with Crippen LogP contribution in [0.4, 0.5) is 5.69 Å². The fraction of sp³-hybridized carbons (Fsp3) is 0.455. The van der Waals surface area contributed by atoms with Gasteiger partial charge in [-0.3, -0.25) is 4.90 Å². The number of hydrogen-bond acceptors (Lipinski definition) is 7. The Bertz CT molecular complexity index is 1090. The summed E-state index contributed by atoms with van der Waals surface area (Å²) in [5, 5.41) is -0.960. The molecule has 2 aromatic carbocycles. The van der Waals surface area contributed by atoms with E-state index in [1.54, 1.807) is 12.1 Å². The summed E-state index contributed by atoms with van der Waals surface area (Å²) in [4.78, 5) is 4.43. The van der Waals surface area contributed by atoms with Gasteiger partial charge < -0.3 is 9.64 Å². The van der Waals surface area contributed by atoms with E-state index in [1.807, 2.05) is 30.0 Å². The van der Waals surface area contributed by atoms with Gasteiger partial charge in [0.05, 0.1) is 28.3 Å². The molecule has 7 nitrogen and oxygen atoms in total. The Kier molecular flexibility index (Phi) is 6.27. The maximum atomic E-state index is 13.4. The number of nitrogens with zero attached hydrogens (tertiary/aromatic N) is 2. The molecule has 0 radical (unpaired) electrons. The highest BCUT2D eigenvalue weighted by atomic mass is 32.2. The zero-order valence-corrected chi connectivity index (χ0v) is 19.2. The molecule has 31 heavy (non-hydrogen) atoms. The molecule has 0 N–H and O–H groups in total. The van der Waals surface area contributed by atoms with Gasteiger partial charge in [-0.25, -0.2) is 16.8 Å². The van der Waals surface area contributed by atoms with Gasteiger partial charge in [0, 0.05) is 37.9 Å². The molecule has 2 aliphatic heterocycles. The van der Waals surface area contributed by atoms with E-state index < -0.39 is 31.0 Å². The van der Waals surface area contributed by atoms with Crippen LogP contribution in [0.2, 0.25) is 0 Å². The number of piperazine rings is 1. The van der Waals surface area contributed by atoms with Crippen molar-refractivity contribution in [3.8, 4) is 5.75 Å². The Morgan fingerprint density at radius 3 is 2.19 bits per heavy atom. The highest BCUT2D eigenvalue weighted by Gasteiger charge is 2.48. The summed E-state index contributed by atoms with van der Waals surface area (Å²) < 4.78 is 57.1. The Balaban J connectivity index is 1.53. The second kappa shape index (κ2) is 8.80. The van der Waals surface area contributed by atoms with Crippen molar-refractivity contribution in [1.82, 2.24) is 4.90 Å². The summed E-state index contributed by atoms with van der Waals surface area (Å²) in [6, 6.07) is 15.8. The normalized spacial score (nSPS) is 24.2. The van der Waals surface area contributed by atoms with E-state index in [1.165, 1.54) is 12.1 Å². The first-order chi connectivity index (χ1) is 14.8. The number of rotatable bonds is 6. The number of para-hydroxylation sites is 1. The fourth-order valence-corrected chi connectivity index (χ4v) is 9.28. The predicted molar refractivity (Wildman–Crippen MR) is 121 cm³/mol. The Hall–Kier alpha value is -2.10. The van der Waals surface area contributed by atoms with Gasteiger partial charge >= 0.3 is 0 Å². The van der Waals surface area contributed by atoms with Gasteiger partial charge in [-0.05, 0) is 43.3 Å². The second-order valence-corrected chi connectivity index (χ2v) is 12.3. The highest BCUT2D eigenvalue weighted by Crippen LogP contribution is 2.31. The smallest absolute Gasteiger partial charge is 0.183 e. The molecule has 2 atom stereocenters. The SMILES string of the molecule is CCOc1ccc(S(=O)(=O)[C@H]2CS(=O)(=O)C[C@@H]2N2CCN(c3ccccc3)CC2)cc1. The summed E-state index contributed by atoms with van der Waals surface area (Å²) in [6.07, 6.45) is 0. The van der Waals surface area contributed by atoms with Crippen molar-refractivity contribution < 1.29 is 21.6 Å². The third kappa shape index (κ3) is 4.73. The van der Waals surface area contributed by atoms with Crippen molar-refractivity contribution >= 4 is 25.4 Å². The standard InChI is InChI=1S/C22H28N2O5S2/c1-2-29-19-8-10-20(11-9-19)31(27,28)22-17-30(25,26)16-21(22)24-14-12-23(13-15-24)18-6-4-3-5-7-18/h3-11,21-22H,2,12-17H2,1H3/t21-,22-/m0/s1. The van der Waals surface area contributed by atoms with Crippen LogP contribution in [-0.2, 0) is 19.7 Å². The van der Waals surface area contributed by atoms with Crippen LogP contribution in [0.25, 0.3) is 0 Å². The lowest BCUT2D eigenvalue weighted by Gasteiger charge is -2.40. The molecule has 0 amide bonds. The number of hydrogen-bond donors (Lipinski definition) is 0. The van der Waals surface area contributed by atoms with Crippen LogP contribution in [0.15, 0.2) is 59.5 Å². The Morgan fingerprint density at radius 1 is 0.935 bits per heavy atom. The molecule has 0 aromatic heterocycles. The van der Waals surface area contributed by atoms with Crippen LogP contribution in [0, 0.1) is 0 Å². The minimum Gasteiger partial charge on any atom is -0.494 e. The van der Waals surface area contributed by atoms with E-state index >= 15 is 0 Å². The maximum absolute atomic E-state index is 13.4. The molecule has 0 aliphatic carbocycles. The van der Waals surface area contributed by atoms with E-state index in [9.17, 15) is 16.8 Å². The van der Waals surface area contributed by atoms with Gasteiger partial charge in [0.15, 0.2) is 19.7 Å². The summed E-state index contributed by atoms with van der Waals surface area (Å²) in [5.41, 5.74) is 1.12.